The van der Waals surface area contributed by atoms with Crippen molar-refractivity contribution in [2.75, 3.05) is 13.2 Å². The van der Waals surface area contributed by atoms with Crippen LogP contribution in [0.2, 0.25) is 0 Å². The van der Waals surface area contributed by atoms with E-state index in [1.165, 1.54) is 17.7 Å². The van der Waals surface area contributed by atoms with Crippen molar-refractivity contribution in [2.24, 2.45) is 11.7 Å². The van der Waals surface area contributed by atoms with Crippen LogP contribution in [0.25, 0.3) is 0 Å². The summed E-state index contributed by atoms with van der Waals surface area (Å²) in [6.07, 6.45) is 7.79. The molecule has 121 valence electrons. The average Bonchev–Trinajstić information content (AvgIpc) is 3.13. The van der Waals surface area contributed by atoms with E-state index in [4.69, 9.17) is 10.5 Å². The molecule has 3 rings (SSSR count). The number of ether oxygens (including phenoxy) is 1. The van der Waals surface area contributed by atoms with Gasteiger partial charge in [-0.1, -0.05) is 25.7 Å². The van der Waals surface area contributed by atoms with Gasteiger partial charge < -0.3 is 15.4 Å². The number of likely N-dealkylation sites (tertiary alicyclic amines) is 1. The van der Waals surface area contributed by atoms with Crippen molar-refractivity contribution in [1.82, 2.24) is 4.90 Å². The average molecular weight is 307 g/mol. The van der Waals surface area contributed by atoms with E-state index in [0.717, 1.165) is 19.3 Å². The number of nitrogens with two attached hydrogens (primary N) is 1. The molecule has 2 aliphatic heterocycles. The van der Waals surface area contributed by atoms with Crippen LogP contribution in [0.5, 0.6) is 0 Å². The van der Waals surface area contributed by atoms with Crippen LogP contribution in [0.4, 0.5) is 0 Å². The number of primary amides is 1. The first kappa shape index (κ1) is 15.5. The molecule has 22 heavy (non-hydrogen) atoms. The second-order valence-electron chi connectivity index (χ2n) is 6.58. The third-order valence-corrected chi connectivity index (χ3v) is 5.32. The molecular weight excluding hydrogens is 284 g/mol. The van der Waals surface area contributed by atoms with Crippen LogP contribution in [0, 0.1) is 12.3 Å². The molecule has 0 aromatic carbocycles. The Morgan fingerprint density at radius 2 is 2.00 bits per heavy atom. The lowest BCUT2D eigenvalue weighted by atomic mass is 9.81. The Morgan fingerprint density at radius 3 is 2.68 bits per heavy atom. The molecule has 2 N–H and O–H groups in total. The number of carbonyl (C=O) groups excluding carboxylic acids is 3. The van der Waals surface area contributed by atoms with Crippen molar-refractivity contribution in [2.45, 2.75) is 56.6 Å². The molecule has 0 aromatic heterocycles. The Morgan fingerprint density at radius 1 is 1.27 bits per heavy atom. The summed E-state index contributed by atoms with van der Waals surface area (Å²) in [5, 5.41) is 0. The lowest BCUT2D eigenvalue weighted by Gasteiger charge is -2.44. The Labute approximate surface area is 130 Å². The number of ketones is 1. The molecule has 1 unspecified atom stereocenters. The Bertz CT molecular complexity index is 487. The highest BCUT2D eigenvalue weighted by atomic mass is 16.5. The Kier molecular flexibility index (Phi) is 4.21. The van der Waals surface area contributed by atoms with E-state index in [0.29, 0.717) is 25.3 Å². The zero-order valence-electron chi connectivity index (χ0n) is 12.8. The fourth-order valence-electron chi connectivity index (χ4n) is 4.15. The maximum absolute atomic E-state index is 12.6. The molecule has 0 bridgehead atoms. The zero-order valence-corrected chi connectivity index (χ0v) is 12.8. The number of carbonyl (C=O) groups is 3. The van der Waals surface area contributed by atoms with Crippen LogP contribution >= 0.6 is 0 Å². The quantitative estimate of drug-likeness (QED) is 0.770. The van der Waals surface area contributed by atoms with Gasteiger partial charge in [0.2, 0.25) is 11.4 Å². The monoisotopic (exact) mass is 307 g/mol. The van der Waals surface area contributed by atoms with Gasteiger partial charge >= 0.3 is 0 Å². The van der Waals surface area contributed by atoms with Crippen molar-refractivity contribution in [1.29, 1.82) is 0 Å². The third kappa shape index (κ3) is 2.33. The number of nitrogens with zero attached hydrogens (tertiary/aromatic N) is 1. The molecule has 2 atom stereocenters. The molecule has 1 aliphatic carbocycles. The zero-order chi connectivity index (χ0) is 15.7. The van der Waals surface area contributed by atoms with E-state index in [2.05, 4.69) is 0 Å². The Balaban J connectivity index is 1.76. The first-order valence-electron chi connectivity index (χ1n) is 8.16. The highest BCUT2D eigenvalue weighted by Crippen LogP contribution is 2.37. The predicted molar refractivity (Wildman–Crippen MR) is 78.5 cm³/mol. The van der Waals surface area contributed by atoms with Crippen molar-refractivity contribution in [3.8, 4) is 0 Å². The summed E-state index contributed by atoms with van der Waals surface area (Å²) in [6, 6.07) is 0. The highest BCUT2D eigenvalue weighted by Gasteiger charge is 2.62. The fourth-order valence-corrected chi connectivity index (χ4v) is 4.15. The van der Waals surface area contributed by atoms with Crippen LogP contribution in [-0.4, -0.2) is 47.3 Å². The summed E-state index contributed by atoms with van der Waals surface area (Å²) in [6.45, 7) is 0.245. The number of hydrogen-bond donors (Lipinski definition) is 1. The van der Waals surface area contributed by atoms with Gasteiger partial charge in [0.05, 0.1) is 12.5 Å². The lowest BCUT2D eigenvalue weighted by molar-refractivity contribution is -0.156. The molecule has 2 saturated heterocycles. The number of fused-ring (bicyclic) bond motifs is 1. The second kappa shape index (κ2) is 5.99. The van der Waals surface area contributed by atoms with Gasteiger partial charge in [-0.15, -0.1) is 0 Å². The van der Waals surface area contributed by atoms with Gasteiger partial charge in [0.15, 0.2) is 5.78 Å². The van der Waals surface area contributed by atoms with E-state index >= 15 is 0 Å². The fraction of sp³-hybridized carbons (Fsp3) is 0.750. The van der Waals surface area contributed by atoms with E-state index < -0.39 is 17.6 Å². The molecule has 1 saturated carbocycles. The first-order chi connectivity index (χ1) is 10.6. The molecule has 1 radical (unpaired) electrons. The maximum Gasteiger partial charge on any atom is 0.254 e. The largest absolute Gasteiger partial charge is 0.367 e. The van der Waals surface area contributed by atoms with Crippen LogP contribution < -0.4 is 5.73 Å². The van der Waals surface area contributed by atoms with Crippen LogP contribution in [-0.2, 0) is 19.1 Å². The minimum absolute atomic E-state index is 0.139. The van der Waals surface area contributed by atoms with Crippen molar-refractivity contribution in [3.05, 3.63) is 6.42 Å². The van der Waals surface area contributed by atoms with Crippen molar-refractivity contribution in [3.63, 3.8) is 0 Å². The van der Waals surface area contributed by atoms with Crippen LogP contribution in [0.3, 0.4) is 0 Å². The maximum atomic E-state index is 12.6. The van der Waals surface area contributed by atoms with Gasteiger partial charge in [-0.25, -0.2) is 0 Å². The summed E-state index contributed by atoms with van der Waals surface area (Å²) >= 11 is 0. The lowest BCUT2D eigenvalue weighted by Crippen LogP contribution is -2.69. The molecule has 3 aliphatic rings. The second-order valence-corrected chi connectivity index (χ2v) is 6.58. The normalized spacial score (nSPS) is 32.3. The topological polar surface area (TPSA) is 89.7 Å². The number of amides is 2. The van der Waals surface area contributed by atoms with Crippen LogP contribution in [0.15, 0.2) is 0 Å². The van der Waals surface area contributed by atoms with Gasteiger partial charge in [0.25, 0.3) is 5.91 Å². The number of hydrogen-bond acceptors (Lipinski definition) is 4. The van der Waals surface area contributed by atoms with Crippen molar-refractivity contribution >= 4 is 17.6 Å². The van der Waals surface area contributed by atoms with Gasteiger partial charge in [-0.05, 0) is 25.2 Å². The summed E-state index contributed by atoms with van der Waals surface area (Å²) in [4.78, 5) is 38.3. The van der Waals surface area contributed by atoms with Gasteiger partial charge in [-0.2, -0.15) is 0 Å². The summed E-state index contributed by atoms with van der Waals surface area (Å²) < 4.78 is 5.43. The standard InChI is InChI=1S/C16H23N2O4/c17-15(21)16-12(19)10-22-13(16)6-3-9-18(16)14(20)8-7-11-4-1-2-5-11/h8,11,13H,1-7,9-10H2,(H2,17,21)/t13-,16?/m0/s1. The summed E-state index contributed by atoms with van der Waals surface area (Å²) in [5.74, 6) is -0.853. The molecular formula is C16H23N2O4. The number of Topliss-reactive ketones (excluding diaryl/α,β-unsaturated/α-hetero) is 1. The number of piperidine rings is 1. The van der Waals surface area contributed by atoms with Gasteiger partial charge in [0.1, 0.15) is 6.61 Å². The van der Waals surface area contributed by atoms with E-state index in [9.17, 15) is 14.4 Å². The molecule has 6 heteroatoms. The molecule has 2 heterocycles. The molecule has 0 aromatic rings. The molecule has 0 spiro atoms. The predicted octanol–water partition coefficient (Wildman–Crippen LogP) is 0.585. The van der Waals surface area contributed by atoms with Gasteiger partial charge in [0, 0.05) is 6.54 Å². The number of rotatable bonds is 4. The van der Waals surface area contributed by atoms with E-state index in [1.807, 2.05) is 0 Å². The third-order valence-electron chi connectivity index (χ3n) is 5.32. The van der Waals surface area contributed by atoms with Gasteiger partial charge in [-0.3, -0.25) is 14.4 Å². The minimum Gasteiger partial charge on any atom is -0.367 e. The SMILES string of the molecule is NC(=O)C12C(=O)CO[C@H]1CCCN2C(=O)[CH]CC1CCCC1. The highest BCUT2D eigenvalue weighted by molar-refractivity contribution is 6.15. The molecule has 3 fully saturated rings. The molecule has 6 nitrogen and oxygen atoms in total. The molecule has 2 amide bonds. The minimum atomic E-state index is -1.58. The van der Waals surface area contributed by atoms with E-state index in [-0.39, 0.29) is 18.3 Å². The van der Waals surface area contributed by atoms with E-state index in [1.54, 1.807) is 6.42 Å². The van der Waals surface area contributed by atoms with Crippen molar-refractivity contribution < 1.29 is 19.1 Å². The first-order valence-corrected chi connectivity index (χ1v) is 8.16. The Hall–Kier alpha value is -1.43. The summed E-state index contributed by atoms with van der Waals surface area (Å²) in [7, 11) is 0. The van der Waals surface area contributed by atoms with Crippen LogP contribution in [0.1, 0.15) is 44.9 Å². The summed E-state index contributed by atoms with van der Waals surface area (Å²) in [5.41, 5.74) is 3.95. The smallest absolute Gasteiger partial charge is 0.254 e.